The Morgan fingerprint density at radius 1 is 1.17 bits per heavy atom. The summed E-state index contributed by atoms with van der Waals surface area (Å²) in [6.45, 7) is 6.69. The van der Waals surface area contributed by atoms with Crippen molar-refractivity contribution in [3.05, 3.63) is 56.8 Å². The molecular formula is C19H18Cl2F3N3O2. The number of aromatic nitrogens is 2. The molecule has 1 aliphatic heterocycles. The summed E-state index contributed by atoms with van der Waals surface area (Å²) < 4.78 is 46.3. The van der Waals surface area contributed by atoms with Crippen LogP contribution in [0.2, 0.25) is 10.0 Å². The number of esters is 1. The summed E-state index contributed by atoms with van der Waals surface area (Å²) in [4.78, 5) is 12.9. The number of hydrogen-bond donors (Lipinski definition) is 1. The maximum absolute atomic E-state index is 13.2. The van der Waals surface area contributed by atoms with Crippen molar-refractivity contribution in [1.82, 2.24) is 9.78 Å². The van der Waals surface area contributed by atoms with E-state index in [4.69, 9.17) is 27.9 Å². The highest BCUT2D eigenvalue weighted by atomic mass is 35.5. The summed E-state index contributed by atoms with van der Waals surface area (Å²) in [5, 5.41) is 7.00. The van der Waals surface area contributed by atoms with Gasteiger partial charge in [-0.2, -0.15) is 18.3 Å². The first-order valence-corrected chi connectivity index (χ1v) is 9.36. The molecule has 0 fully saturated rings. The molecule has 1 unspecified atom stereocenters. The number of rotatable bonds is 2. The van der Waals surface area contributed by atoms with E-state index in [-0.39, 0.29) is 21.4 Å². The van der Waals surface area contributed by atoms with E-state index >= 15 is 0 Å². The van der Waals surface area contributed by atoms with Gasteiger partial charge >= 0.3 is 12.1 Å². The van der Waals surface area contributed by atoms with Gasteiger partial charge in [-0.05, 0) is 45.4 Å². The second-order valence-corrected chi connectivity index (χ2v) is 8.41. The fraction of sp³-hybridized carbons (Fsp3) is 0.368. The van der Waals surface area contributed by atoms with Gasteiger partial charge in [-0.25, -0.2) is 9.48 Å². The highest BCUT2D eigenvalue weighted by molar-refractivity contribution is 6.42. The molecule has 10 heteroatoms. The number of fused-ring (bicyclic) bond motifs is 1. The molecule has 1 atom stereocenters. The predicted molar refractivity (Wildman–Crippen MR) is 104 cm³/mol. The normalized spacial score (nSPS) is 17.1. The van der Waals surface area contributed by atoms with Crippen molar-refractivity contribution in [2.45, 2.75) is 45.5 Å². The van der Waals surface area contributed by atoms with Gasteiger partial charge in [0.05, 0.1) is 15.6 Å². The first-order valence-electron chi connectivity index (χ1n) is 8.61. The Labute approximate surface area is 175 Å². The molecule has 0 aliphatic carbocycles. The summed E-state index contributed by atoms with van der Waals surface area (Å²) in [5.41, 5.74) is -0.949. The molecule has 0 spiro atoms. The Kier molecular flexibility index (Phi) is 5.38. The second-order valence-electron chi connectivity index (χ2n) is 7.60. The lowest BCUT2D eigenvalue weighted by atomic mass is 9.95. The molecule has 156 valence electrons. The molecule has 1 N–H and O–H groups in total. The average Bonchev–Trinajstić information content (AvgIpc) is 2.98. The van der Waals surface area contributed by atoms with Gasteiger partial charge in [-0.3, -0.25) is 0 Å². The minimum absolute atomic E-state index is 0.0956. The first kappa shape index (κ1) is 21.5. The number of nitrogens with one attached hydrogen (secondary N) is 1. The van der Waals surface area contributed by atoms with Gasteiger partial charge in [-0.15, -0.1) is 0 Å². The first-order chi connectivity index (χ1) is 13.3. The fourth-order valence-corrected chi connectivity index (χ4v) is 3.30. The number of benzene rings is 1. The zero-order valence-electron chi connectivity index (χ0n) is 16.0. The molecule has 1 aromatic heterocycles. The fourth-order valence-electron chi connectivity index (χ4n) is 3.00. The van der Waals surface area contributed by atoms with Crippen molar-refractivity contribution in [2.75, 3.05) is 5.32 Å². The Morgan fingerprint density at radius 2 is 1.83 bits per heavy atom. The van der Waals surface area contributed by atoms with Gasteiger partial charge in [0.15, 0.2) is 5.69 Å². The number of allylic oxidation sites excluding steroid dienone is 1. The van der Waals surface area contributed by atoms with E-state index in [0.717, 1.165) is 10.7 Å². The molecule has 1 aliphatic rings. The molecule has 0 amide bonds. The van der Waals surface area contributed by atoms with E-state index in [1.807, 2.05) is 0 Å². The van der Waals surface area contributed by atoms with Gasteiger partial charge in [0.2, 0.25) is 0 Å². The maximum Gasteiger partial charge on any atom is 0.435 e. The number of carbonyl (C=O) groups excluding carboxylic acids is 1. The number of hydrogen-bond acceptors (Lipinski definition) is 4. The number of alkyl halides is 3. The number of ether oxygens (including phenoxy) is 1. The molecule has 0 radical (unpaired) electrons. The zero-order valence-corrected chi connectivity index (χ0v) is 17.5. The molecule has 29 heavy (non-hydrogen) atoms. The number of nitrogens with zero attached hydrogens (tertiary/aromatic N) is 2. The molecule has 1 aromatic carbocycles. The van der Waals surface area contributed by atoms with Crippen LogP contribution in [0.1, 0.15) is 45.0 Å². The topological polar surface area (TPSA) is 56.2 Å². The molecule has 5 nitrogen and oxygen atoms in total. The van der Waals surface area contributed by atoms with Crippen LogP contribution in [0.15, 0.2) is 35.5 Å². The third kappa shape index (κ3) is 4.38. The standard InChI is InChI=1S/C19H18Cl2F3N3O2/c1-9-15(17(28)29-18(2,3)4)16(10-5-6-11(20)12(21)7-10)27-14(25-9)8-13(26-27)19(22,23)24/h5-8,16,25H,1-4H3. The number of anilines is 1. The summed E-state index contributed by atoms with van der Waals surface area (Å²) in [6, 6.07) is 4.50. The molecule has 0 saturated carbocycles. The smallest absolute Gasteiger partial charge is 0.435 e. The maximum atomic E-state index is 13.2. The van der Waals surface area contributed by atoms with E-state index in [1.54, 1.807) is 33.8 Å². The van der Waals surface area contributed by atoms with Crippen LogP contribution < -0.4 is 5.32 Å². The third-order valence-electron chi connectivity index (χ3n) is 4.14. The lowest BCUT2D eigenvalue weighted by Gasteiger charge is -2.31. The summed E-state index contributed by atoms with van der Waals surface area (Å²) in [5.74, 6) is -0.577. The lowest BCUT2D eigenvalue weighted by molar-refractivity contribution is -0.150. The van der Waals surface area contributed by atoms with Crippen LogP contribution in [-0.2, 0) is 15.7 Å². The molecule has 2 aromatic rings. The van der Waals surface area contributed by atoms with E-state index < -0.39 is 29.5 Å². The largest absolute Gasteiger partial charge is 0.456 e. The van der Waals surface area contributed by atoms with Crippen LogP contribution in [0.5, 0.6) is 0 Å². The van der Waals surface area contributed by atoms with Crippen LogP contribution >= 0.6 is 23.2 Å². The van der Waals surface area contributed by atoms with Crippen molar-refractivity contribution in [2.24, 2.45) is 0 Å². The SMILES string of the molecule is CC1=C(C(=O)OC(C)(C)C)C(c2ccc(Cl)c(Cl)c2)n2nc(C(F)(F)F)cc2N1. The van der Waals surface area contributed by atoms with Gasteiger partial charge in [-0.1, -0.05) is 29.3 Å². The van der Waals surface area contributed by atoms with Crippen LogP contribution in [0.4, 0.5) is 19.0 Å². The summed E-state index contributed by atoms with van der Waals surface area (Å²) >= 11 is 12.1. The van der Waals surface area contributed by atoms with Crippen molar-refractivity contribution < 1.29 is 22.7 Å². The van der Waals surface area contributed by atoms with Crippen LogP contribution in [0.3, 0.4) is 0 Å². The third-order valence-corrected chi connectivity index (χ3v) is 4.88. The highest BCUT2D eigenvalue weighted by Gasteiger charge is 2.40. The van der Waals surface area contributed by atoms with E-state index in [1.165, 1.54) is 12.1 Å². The minimum Gasteiger partial charge on any atom is -0.456 e. The molecule has 2 heterocycles. The van der Waals surface area contributed by atoms with Gasteiger partial charge in [0.25, 0.3) is 0 Å². The Balaban J connectivity index is 2.20. The monoisotopic (exact) mass is 447 g/mol. The molecular weight excluding hydrogens is 430 g/mol. The van der Waals surface area contributed by atoms with E-state index in [9.17, 15) is 18.0 Å². The van der Waals surface area contributed by atoms with Crippen LogP contribution in [0, 0.1) is 0 Å². The zero-order chi connectivity index (χ0) is 21.7. The molecule has 0 saturated heterocycles. The quantitative estimate of drug-likeness (QED) is 0.587. The van der Waals surface area contributed by atoms with Gasteiger partial charge in [0.1, 0.15) is 17.5 Å². The predicted octanol–water partition coefficient (Wildman–Crippen LogP) is 5.84. The minimum atomic E-state index is -4.64. The van der Waals surface area contributed by atoms with Crippen molar-refractivity contribution in [3.63, 3.8) is 0 Å². The van der Waals surface area contributed by atoms with Gasteiger partial charge < -0.3 is 10.1 Å². The van der Waals surface area contributed by atoms with E-state index in [0.29, 0.717) is 11.3 Å². The second kappa shape index (κ2) is 7.25. The summed E-state index contributed by atoms with van der Waals surface area (Å²) in [7, 11) is 0. The average molecular weight is 448 g/mol. The summed E-state index contributed by atoms with van der Waals surface area (Å²) in [6.07, 6.45) is -4.64. The van der Waals surface area contributed by atoms with Crippen molar-refractivity contribution in [1.29, 1.82) is 0 Å². The van der Waals surface area contributed by atoms with E-state index in [2.05, 4.69) is 10.4 Å². The number of carbonyl (C=O) groups is 1. The van der Waals surface area contributed by atoms with Gasteiger partial charge in [0, 0.05) is 11.8 Å². The molecule has 0 bridgehead atoms. The highest BCUT2D eigenvalue weighted by Crippen LogP contribution is 2.41. The molecule has 3 rings (SSSR count). The number of halogens is 5. The van der Waals surface area contributed by atoms with Crippen LogP contribution in [-0.4, -0.2) is 21.4 Å². The Hall–Kier alpha value is -2.19. The van der Waals surface area contributed by atoms with Crippen LogP contribution in [0.25, 0.3) is 0 Å². The lowest BCUT2D eigenvalue weighted by Crippen LogP contribution is -2.33. The Bertz CT molecular complexity index is 1010. The Morgan fingerprint density at radius 3 is 2.38 bits per heavy atom. The van der Waals surface area contributed by atoms with Crippen molar-refractivity contribution >= 4 is 35.0 Å². The van der Waals surface area contributed by atoms with Crippen molar-refractivity contribution in [3.8, 4) is 0 Å².